The summed E-state index contributed by atoms with van der Waals surface area (Å²) in [5.41, 5.74) is 0.611. The summed E-state index contributed by atoms with van der Waals surface area (Å²) in [7, 11) is 0. The Morgan fingerprint density at radius 1 is 1.39 bits per heavy atom. The van der Waals surface area contributed by atoms with Crippen LogP contribution in [-0.4, -0.2) is 12.5 Å². The Labute approximate surface area is 112 Å². The molecule has 0 N–H and O–H groups in total. The van der Waals surface area contributed by atoms with Crippen LogP contribution in [-0.2, 0) is 0 Å². The number of hydrogen-bond donors (Lipinski definition) is 0. The lowest BCUT2D eigenvalue weighted by Gasteiger charge is -2.25. The molecule has 0 saturated heterocycles. The maximum atomic E-state index is 13.2. The van der Waals surface area contributed by atoms with E-state index in [0.29, 0.717) is 36.1 Å². The predicted molar refractivity (Wildman–Crippen MR) is 71.5 cm³/mol. The number of ether oxygens (including phenoxy) is 1. The topological polar surface area (TPSA) is 9.23 Å². The molecular formula is C15H16ClFO. The van der Waals surface area contributed by atoms with Gasteiger partial charge in [-0.15, -0.1) is 11.6 Å². The summed E-state index contributed by atoms with van der Waals surface area (Å²) in [5.74, 6) is 7.34. The van der Waals surface area contributed by atoms with Gasteiger partial charge in [-0.25, -0.2) is 4.39 Å². The first-order valence-corrected chi connectivity index (χ1v) is 6.80. The molecule has 0 atom stereocenters. The van der Waals surface area contributed by atoms with E-state index in [0.717, 1.165) is 0 Å². The highest BCUT2D eigenvalue weighted by molar-refractivity contribution is 6.18. The summed E-state index contributed by atoms with van der Waals surface area (Å²) in [4.78, 5) is 0. The molecule has 1 aromatic carbocycles. The third-order valence-corrected chi connectivity index (χ3v) is 3.27. The van der Waals surface area contributed by atoms with Gasteiger partial charge in [0.25, 0.3) is 0 Å². The molecule has 0 amide bonds. The normalized spacial score (nSPS) is 14.6. The summed E-state index contributed by atoms with van der Waals surface area (Å²) in [5, 5.41) is 0. The maximum Gasteiger partial charge on any atom is 0.135 e. The molecule has 0 spiro atoms. The van der Waals surface area contributed by atoms with Crippen molar-refractivity contribution >= 4 is 11.6 Å². The second-order valence-corrected chi connectivity index (χ2v) is 4.87. The van der Waals surface area contributed by atoms with E-state index in [-0.39, 0.29) is 5.82 Å². The van der Waals surface area contributed by atoms with Crippen molar-refractivity contribution in [3.8, 4) is 17.6 Å². The van der Waals surface area contributed by atoms with Crippen LogP contribution in [0.5, 0.6) is 5.75 Å². The fraction of sp³-hybridized carbons (Fsp3) is 0.467. The molecule has 1 saturated carbocycles. The zero-order valence-electron chi connectivity index (χ0n) is 10.2. The van der Waals surface area contributed by atoms with Gasteiger partial charge in [-0.3, -0.25) is 0 Å². The van der Waals surface area contributed by atoms with Gasteiger partial charge >= 0.3 is 0 Å². The molecule has 0 bridgehead atoms. The van der Waals surface area contributed by atoms with E-state index in [9.17, 15) is 4.39 Å². The molecule has 0 aliphatic heterocycles. The molecule has 0 radical (unpaired) electrons. The highest BCUT2D eigenvalue weighted by Crippen LogP contribution is 2.28. The largest absolute Gasteiger partial charge is 0.492 e. The number of rotatable bonds is 4. The van der Waals surface area contributed by atoms with Crippen LogP contribution in [0.1, 0.15) is 31.2 Å². The number of benzene rings is 1. The van der Waals surface area contributed by atoms with Crippen molar-refractivity contribution in [2.45, 2.75) is 25.7 Å². The van der Waals surface area contributed by atoms with Gasteiger partial charge in [0.05, 0.1) is 12.2 Å². The maximum absolute atomic E-state index is 13.2. The highest BCUT2D eigenvalue weighted by Gasteiger charge is 2.18. The van der Waals surface area contributed by atoms with Gasteiger partial charge in [-0.2, -0.15) is 0 Å². The van der Waals surface area contributed by atoms with Crippen molar-refractivity contribution in [3.05, 3.63) is 29.6 Å². The zero-order chi connectivity index (χ0) is 12.8. The highest BCUT2D eigenvalue weighted by atomic mass is 35.5. The average Bonchev–Trinajstić information content (AvgIpc) is 2.30. The minimum Gasteiger partial charge on any atom is -0.492 e. The van der Waals surface area contributed by atoms with Gasteiger partial charge in [-0.05, 0) is 37.0 Å². The van der Waals surface area contributed by atoms with Crippen LogP contribution in [0.3, 0.4) is 0 Å². The Morgan fingerprint density at radius 3 is 2.89 bits per heavy atom. The molecule has 18 heavy (non-hydrogen) atoms. The quantitative estimate of drug-likeness (QED) is 0.592. The van der Waals surface area contributed by atoms with Crippen LogP contribution in [0.2, 0.25) is 0 Å². The standard InChI is InChI=1S/C15H16ClFO/c16-9-2-1-6-13-10-14(17)7-8-15(13)18-11-12-4-3-5-12/h7-8,10,12H,2-5,9,11H2. The number of hydrogen-bond acceptors (Lipinski definition) is 1. The fourth-order valence-corrected chi connectivity index (χ4v) is 1.89. The molecule has 0 unspecified atom stereocenters. The molecule has 1 nitrogen and oxygen atoms in total. The SMILES string of the molecule is Fc1ccc(OCC2CCC2)c(C#CCCCl)c1. The zero-order valence-corrected chi connectivity index (χ0v) is 11.0. The molecule has 2 rings (SSSR count). The minimum atomic E-state index is -0.291. The van der Waals surface area contributed by atoms with E-state index in [4.69, 9.17) is 16.3 Å². The Hall–Kier alpha value is -1.20. The summed E-state index contributed by atoms with van der Waals surface area (Å²) in [6.07, 6.45) is 4.35. The first-order valence-electron chi connectivity index (χ1n) is 6.27. The lowest BCUT2D eigenvalue weighted by atomic mass is 9.86. The lowest BCUT2D eigenvalue weighted by Crippen LogP contribution is -2.19. The summed E-state index contributed by atoms with van der Waals surface area (Å²) in [6, 6.07) is 4.47. The van der Waals surface area contributed by atoms with E-state index >= 15 is 0 Å². The third-order valence-electron chi connectivity index (χ3n) is 3.08. The Balaban J connectivity index is 2.04. The molecule has 0 aromatic heterocycles. The summed E-state index contributed by atoms with van der Waals surface area (Å²) >= 11 is 5.56. The smallest absolute Gasteiger partial charge is 0.135 e. The Morgan fingerprint density at radius 2 is 2.22 bits per heavy atom. The van der Waals surface area contributed by atoms with Crippen LogP contribution < -0.4 is 4.74 Å². The molecule has 1 fully saturated rings. The van der Waals surface area contributed by atoms with Gasteiger partial charge < -0.3 is 4.74 Å². The van der Waals surface area contributed by atoms with Crippen LogP contribution >= 0.6 is 11.6 Å². The van der Waals surface area contributed by atoms with Crippen molar-refractivity contribution in [2.24, 2.45) is 5.92 Å². The fourth-order valence-electron chi connectivity index (χ4n) is 1.80. The first kappa shape index (κ1) is 13.2. The molecular weight excluding hydrogens is 251 g/mol. The van der Waals surface area contributed by atoms with Crippen LogP contribution in [0.25, 0.3) is 0 Å². The number of alkyl halides is 1. The average molecular weight is 267 g/mol. The van der Waals surface area contributed by atoms with E-state index in [1.54, 1.807) is 6.07 Å². The summed E-state index contributed by atoms with van der Waals surface area (Å²) < 4.78 is 18.9. The van der Waals surface area contributed by atoms with E-state index in [1.807, 2.05) is 0 Å². The molecule has 96 valence electrons. The third kappa shape index (κ3) is 3.65. The first-order chi connectivity index (χ1) is 8.79. The molecule has 1 aliphatic carbocycles. The van der Waals surface area contributed by atoms with Crippen LogP contribution in [0, 0.1) is 23.6 Å². The van der Waals surface area contributed by atoms with Crippen molar-refractivity contribution in [3.63, 3.8) is 0 Å². The van der Waals surface area contributed by atoms with Crippen molar-refractivity contribution in [2.75, 3.05) is 12.5 Å². The van der Waals surface area contributed by atoms with E-state index in [2.05, 4.69) is 11.8 Å². The summed E-state index contributed by atoms with van der Waals surface area (Å²) in [6.45, 7) is 0.704. The van der Waals surface area contributed by atoms with Gasteiger partial charge in [0.1, 0.15) is 11.6 Å². The Bertz CT molecular complexity index is 457. The van der Waals surface area contributed by atoms with E-state index < -0.39 is 0 Å². The van der Waals surface area contributed by atoms with Crippen molar-refractivity contribution < 1.29 is 9.13 Å². The van der Waals surface area contributed by atoms with Crippen LogP contribution in [0.4, 0.5) is 4.39 Å². The molecule has 0 heterocycles. The second-order valence-electron chi connectivity index (χ2n) is 4.49. The van der Waals surface area contributed by atoms with Gasteiger partial charge in [0.2, 0.25) is 0 Å². The number of halogens is 2. The van der Waals surface area contributed by atoms with Gasteiger partial charge in [0, 0.05) is 12.3 Å². The van der Waals surface area contributed by atoms with Crippen molar-refractivity contribution in [1.82, 2.24) is 0 Å². The Kier molecular flexibility index (Phi) is 4.90. The minimum absolute atomic E-state index is 0.291. The lowest BCUT2D eigenvalue weighted by molar-refractivity contribution is 0.180. The second kappa shape index (κ2) is 6.66. The van der Waals surface area contributed by atoms with E-state index in [1.165, 1.54) is 31.4 Å². The molecule has 1 aromatic rings. The van der Waals surface area contributed by atoms with Crippen LogP contribution in [0.15, 0.2) is 18.2 Å². The van der Waals surface area contributed by atoms with Gasteiger partial charge in [-0.1, -0.05) is 18.3 Å². The predicted octanol–water partition coefficient (Wildman–Crippen LogP) is 3.99. The molecule has 3 heteroatoms. The molecule has 1 aliphatic rings. The monoisotopic (exact) mass is 266 g/mol. The van der Waals surface area contributed by atoms with Crippen molar-refractivity contribution in [1.29, 1.82) is 0 Å². The van der Waals surface area contributed by atoms with Gasteiger partial charge in [0.15, 0.2) is 0 Å².